The van der Waals surface area contributed by atoms with E-state index >= 15 is 0 Å². The van der Waals surface area contributed by atoms with Crippen LogP contribution in [0.2, 0.25) is 0 Å². The van der Waals surface area contributed by atoms with Gasteiger partial charge < -0.3 is 10.1 Å². The van der Waals surface area contributed by atoms with Crippen LogP contribution in [0.3, 0.4) is 0 Å². The fourth-order valence-corrected chi connectivity index (χ4v) is 3.95. The first-order valence-corrected chi connectivity index (χ1v) is 12.2. The first kappa shape index (κ1) is 24.6. The molecular weight excluding hydrogens is 446 g/mol. The summed E-state index contributed by atoms with van der Waals surface area (Å²) in [4.78, 5) is 38.4. The maximum atomic E-state index is 12.8. The molecule has 2 aromatic rings. The number of rotatable bonds is 10. The van der Waals surface area contributed by atoms with E-state index in [1.54, 1.807) is 24.3 Å². The van der Waals surface area contributed by atoms with Gasteiger partial charge in [0.15, 0.2) is 0 Å². The highest BCUT2D eigenvalue weighted by Gasteiger charge is 2.39. The lowest BCUT2D eigenvalue weighted by molar-refractivity contribution is -0.121. The second-order valence-electron chi connectivity index (χ2n) is 7.75. The summed E-state index contributed by atoms with van der Waals surface area (Å²) in [5.74, 6) is -1.12. The van der Waals surface area contributed by atoms with E-state index in [-0.39, 0.29) is 23.1 Å². The van der Waals surface area contributed by atoms with Crippen molar-refractivity contribution in [3.63, 3.8) is 0 Å². The van der Waals surface area contributed by atoms with Crippen molar-refractivity contribution in [2.45, 2.75) is 43.5 Å². The average Bonchev–Trinajstić information content (AvgIpc) is 3.06. The standard InChI is InChI=1S/C23H27N3O6S/c1-2-3-14-32-23(29)17-6-8-18(9-7-17)26-21(27)15-20(22(26)28)25-13-12-16-4-10-19(11-5-16)33(24,30)31/h4-11,20,25H,2-3,12-15H2,1H3,(H2,24,30,31)/t20-/m1/s1. The van der Waals surface area contributed by atoms with Crippen LogP contribution in [-0.4, -0.2) is 45.4 Å². The zero-order chi connectivity index (χ0) is 24.0. The molecule has 0 aliphatic carbocycles. The van der Waals surface area contributed by atoms with Crippen LogP contribution in [0.5, 0.6) is 0 Å². The summed E-state index contributed by atoms with van der Waals surface area (Å²) in [5.41, 5.74) is 1.63. The van der Waals surface area contributed by atoms with Crippen LogP contribution >= 0.6 is 0 Å². The van der Waals surface area contributed by atoms with Crippen molar-refractivity contribution < 1.29 is 27.5 Å². The van der Waals surface area contributed by atoms with Gasteiger partial charge in [-0.2, -0.15) is 0 Å². The first-order chi connectivity index (χ1) is 15.7. The van der Waals surface area contributed by atoms with Crippen LogP contribution < -0.4 is 15.4 Å². The molecule has 9 nitrogen and oxygen atoms in total. The van der Waals surface area contributed by atoms with Gasteiger partial charge in [-0.1, -0.05) is 25.5 Å². The van der Waals surface area contributed by atoms with E-state index in [4.69, 9.17) is 9.88 Å². The molecule has 33 heavy (non-hydrogen) atoms. The number of hydrogen-bond donors (Lipinski definition) is 2. The van der Waals surface area contributed by atoms with E-state index < -0.39 is 22.0 Å². The van der Waals surface area contributed by atoms with Crippen molar-refractivity contribution in [3.05, 3.63) is 59.7 Å². The van der Waals surface area contributed by atoms with Gasteiger partial charge in [-0.25, -0.2) is 23.3 Å². The number of ether oxygens (including phenoxy) is 1. The molecule has 2 amide bonds. The van der Waals surface area contributed by atoms with Gasteiger partial charge >= 0.3 is 5.97 Å². The minimum absolute atomic E-state index is 0.0317. The molecule has 1 saturated heterocycles. The van der Waals surface area contributed by atoms with Gasteiger partial charge in [0.2, 0.25) is 15.9 Å². The fourth-order valence-electron chi connectivity index (χ4n) is 3.44. The Hall–Kier alpha value is -3.08. The molecule has 0 spiro atoms. The number of sulfonamides is 1. The minimum Gasteiger partial charge on any atom is -0.462 e. The van der Waals surface area contributed by atoms with Crippen LogP contribution in [0.25, 0.3) is 0 Å². The number of esters is 1. The predicted octanol–water partition coefficient (Wildman–Crippen LogP) is 1.76. The number of carbonyl (C=O) groups is 3. The van der Waals surface area contributed by atoms with Gasteiger partial charge in [0.1, 0.15) is 0 Å². The van der Waals surface area contributed by atoms with Crippen molar-refractivity contribution in [1.29, 1.82) is 0 Å². The molecule has 3 rings (SSSR count). The Bertz CT molecular complexity index is 1110. The van der Waals surface area contributed by atoms with E-state index in [2.05, 4.69) is 5.32 Å². The number of anilines is 1. The topological polar surface area (TPSA) is 136 Å². The van der Waals surface area contributed by atoms with E-state index in [1.807, 2.05) is 6.92 Å². The summed E-state index contributed by atoms with van der Waals surface area (Å²) in [5, 5.41) is 8.17. The van der Waals surface area contributed by atoms with Crippen molar-refractivity contribution >= 4 is 33.5 Å². The fraction of sp³-hybridized carbons (Fsp3) is 0.348. The van der Waals surface area contributed by atoms with Gasteiger partial charge in [-0.15, -0.1) is 0 Å². The van der Waals surface area contributed by atoms with Crippen molar-refractivity contribution in [1.82, 2.24) is 5.32 Å². The van der Waals surface area contributed by atoms with E-state index in [1.165, 1.54) is 24.3 Å². The molecule has 1 heterocycles. The molecule has 0 unspecified atom stereocenters. The zero-order valence-corrected chi connectivity index (χ0v) is 19.1. The highest BCUT2D eigenvalue weighted by molar-refractivity contribution is 7.89. The Balaban J connectivity index is 1.55. The molecule has 10 heteroatoms. The molecule has 0 saturated carbocycles. The molecular formula is C23H27N3O6S. The largest absolute Gasteiger partial charge is 0.462 e. The maximum absolute atomic E-state index is 12.8. The molecule has 3 N–H and O–H groups in total. The third-order valence-electron chi connectivity index (χ3n) is 5.30. The van der Waals surface area contributed by atoms with Crippen LogP contribution in [-0.2, 0) is 30.8 Å². The lowest BCUT2D eigenvalue weighted by atomic mass is 10.1. The summed E-state index contributed by atoms with van der Waals surface area (Å²) in [6, 6.07) is 11.7. The summed E-state index contributed by atoms with van der Waals surface area (Å²) in [6.45, 7) is 2.78. The molecule has 1 aliphatic rings. The molecule has 1 aliphatic heterocycles. The molecule has 0 aromatic heterocycles. The van der Waals surface area contributed by atoms with Crippen molar-refractivity contribution in [2.75, 3.05) is 18.1 Å². The summed E-state index contributed by atoms with van der Waals surface area (Å²) >= 11 is 0. The summed E-state index contributed by atoms with van der Waals surface area (Å²) < 4.78 is 27.8. The van der Waals surface area contributed by atoms with Gasteiger partial charge in [0.05, 0.1) is 35.2 Å². The van der Waals surface area contributed by atoms with Gasteiger partial charge in [0.25, 0.3) is 5.91 Å². The molecule has 1 atom stereocenters. The summed E-state index contributed by atoms with van der Waals surface area (Å²) in [6.07, 6.45) is 2.28. The predicted molar refractivity (Wildman–Crippen MR) is 122 cm³/mol. The number of unbranched alkanes of at least 4 members (excludes halogenated alkanes) is 1. The third-order valence-corrected chi connectivity index (χ3v) is 6.22. The number of imide groups is 1. The van der Waals surface area contributed by atoms with Crippen LogP contribution in [0.4, 0.5) is 5.69 Å². The Labute approximate surface area is 193 Å². The normalized spacial score (nSPS) is 16.3. The van der Waals surface area contributed by atoms with E-state index in [0.29, 0.717) is 30.8 Å². The number of benzene rings is 2. The second-order valence-corrected chi connectivity index (χ2v) is 9.31. The molecule has 0 bridgehead atoms. The van der Waals surface area contributed by atoms with E-state index in [0.717, 1.165) is 23.3 Å². The number of hydrogen-bond acceptors (Lipinski definition) is 7. The Morgan fingerprint density at radius 1 is 1.12 bits per heavy atom. The van der Waals surface area contributed by atoms with Crippen molar-refractivity contribution in [3.8, 4) is 0 Å². The second kappa shape index (κ2) is 10.7. The number of nitrogens with one attached hydrogen (secondary N) is 1. The molecule has 2 aromatic carbocycles. The highest BCUT2D eigenvalue weighted by Crippen LogP contribution is 2.23. The lowest BCUT2D eigenvalue weighted by Gasteiger charge is -2.16. The molecule has 0 radical (unpaired) electrons. The van der Waals surface area contributed by atoms with E-state index in [9.17, 15) is 22.8 Å². The quantitative estimate of drug-likeness (QED) is 0.305. The summed E-state index contributed by atoms with van der Waals surface area (Å²) in [7, 11) is -3.74. The Kier molecular flexibility index (Phi) is 7.96. The SMILES string of the molecule is CCCCOC(=O)c1ccc(N2C(=O)C[C@@H](NCCc3ccc(S(N)(=O)=O)cc3)C2=O)cc1. The average molecular weight is 474 g/mol. The van der Waals surface area contributed by atoms with Crippen LogP contribution in [0.1, 0.15) is 42.1 Å². The van der Waals surface area contributed by atoms with Crippen LogP contribution in [0.15, 0.2) is 53.4 Å². The number of nitrogens with zero attached hydrogens (tertiary/aromatic N) is 1. The zero-order valence-electron chi connectivity index (χ0n) is 18.3. The minimum atomic E-state index is -3.74. The smallest absolute Gasteiger partial charge is 0.338 e. The number of carbonyl (C=O) groups excluding carboxylic acids is 3. The number of amides is 2. The van der Waals surface area contributed by atoms with Gasteiger partial charge in [-0.3, -0.25) is 9.59 Å². The Morgan fingerprint density at radius 2 is 1.79 bits per heavy atom. The Morgan fingerprint density at radius 3 is 2.39 bits per heavy atom. The third kappa shape index (κ3) is 6.25. The number of nitrogens with two attached hydrogens (primary N) is 1. The number of primary sulfonamides is 1. The molecule has 176 valence electrons. The van der Waals surface area contributed by atoms with Crippen molar-refractivity contribution in [2.24, 2.45) is 5.14 Å². The molecule has 1 fully saturated rings. The first-order valence-electron chi connectivity index (χ1n) is 10.7. The monoisotopic (exact) mass is 473 g/mol. The van der Waals surface area contributed by atoms with Crippen LogP contribution in [0, 0.1) is 0 Å². The maximum Gasteiger partial charge on any atom is 0.338 e. The van der Waals surface area contributed by atoms with Gasteiger partial charge in [-0.05, 0) is 61.3 Å². The van der Waals surface area contributed by atoms with Gasteiger partial charge in [0, 0.05) is 0 Å². The highest BCUT2D eigenvalue weighted by atomic mass is 32.2. The lowest BCUT2D eigenvalue weighted by Crippen LogP contribution is -2.39.